The second kappa shape index (κ2) is 6.71. The molecule has 26 heavy (non-hydrogen) atoms. The topological polar surface area (TPSA) is 67.9 Å². The highest BCUT2D eigenvalue weighted by Gasteiger charge is 2.34. The van der Waals surface area contributed by atoms with Crippen molar-refractivity contribution in [2.24, 2.45) is 0 Å². The van der Waals surface area contributed by atoms with E-state index in [9.17, 15) is 9.59 Å². The van der Waals surface area contributed by atoms with E-state index in [1.54, 1.807) is 11.0 Å². The van der Waals surface area contributed by atoms with Gasteiger partial charge in [-0.2, -0.15) is 0 Å². The Balaban J connectivity index is 1.54. The normalized spacial score (nSPS) is 20.9. The Labute approximate surface area is 151 Å². The molecule has 2 aliphatic rings. The third-order valence-electron chi connectivity index (χ3n) is 4.72. The summed E-state index contributed by atoms with van der Waals surface area (Å²) in [6, 6.07) is 14.8. The third-order valence-corrected chi connectivity index (χ3v) is 4.72. The van der Waals surface area contributed by atoms with Gasteiger partial charge in [0.1, 0.15) is 11.5 Å². The number of carbonyl (C=O) groups is 2. The smallest absolute Gasteiger partial charge is 0.263 e. The number of anilines is 1. The number of nitrogens with one attached hydrogen (secondary N) is 1. The summed E-state index contributed by atoms with van der Waals surface area (Å²) in [6.45, 7) is 2.24. The number of para-hydroxylation sites is 3. The van der Waals surface area contributed by atoms with Crippen LogP contribution in [0.2, 0.25) is 0 Å². The number of amides is 2. The van der Waals surface area contributed by atoms with Gasteiger partial charge in [0, 0.05) is 18.9 Å². The van der Waals surface area contributed by atoms with E-state index in [4.69, 9.17) is 9.47 Å². The molecule has 2 aliphatic heterocycles. The van der Waals surface area contributed by atoms with E-state index in [2.05, 4.69) is 5.32 Å². The van der Waals surface area contributed by atoms with Gasteiger partial charge in [-0.15, -0.1) is 0 Å². The molecule has 0 radical (unpaired) electrons. The van der Waals surface area contributed by atoms with Gasteiger partial charge in [-0.1, -0.05) is 30.3 Å². The van der Waals surface area contributed by atoms with Gasteiger partial charge in [-0.25, -0.2) is 0 Å². The van der Waals surface area contributed by atoms with Gasteiger partial charge in [0.05, 0.1) is 24.9 Å². The molecule has 2 amide bonds. The highest BCUT2D eigenvalue weighted by atomic mass is 16.5. The van der Waals surface area contributed by atoms with Gasteiger partial charge in [-0.3, -0.25) is 9.59 Å². The van der Waals surface area contributed by atoms with Crippen LogP contribution in [0.4, 0.5) is 5.69 Å². The van der Waals surface area contributed by atoms with Crippen molar-refractivity contribution < 1.29 is 19.1 Å². The largest absolute Gasteiger partial charge is 0.493 e. The number of benzene rings is 2. The zero-order valence-electron chi connectivity index (χ0n) is 14.5. The lowest BCUT2D eigenvalue weighted by Gasteiger charge is -2.35. The zero-order valence-corrected chi connectivity index (χ0v) is 14.5. The first-order valence-electron chi connectivity index (χ1n) is 8.69. The average molecular weight is 352 g/mol. The zero-order chi connectivity index (χ0) is 18.1. The molecule has 0 saturated carbocycles. The Bertz CT molecular complexity index is 851. The number of hydrogen-bond acceptors (Lipinski definition) is 4. The number of ether oxygens (including phenoxy) is 2. The summed E-state index contributed by atoms with van der Waals surface area (Å²) in [6.07, 6.45) is -0.0496. The fourth-order valence-corrected chi connectivity index (χ4v) is 3.43. The predicted octanol–water partition coefficient (Wildman–Crippen LogP) is 2.44. The van der Waals surface area contributed by atoms with E-state index >= 15 is 0 Å². The van der Waals surface area contributed by atoms with Crippen molar-refractivity contribution in [2.45, 2.75) is 25.5 Å². The molecule has 0 spiro atoms. The Morgan fingerprint density at radius 2 is 1.81 bits per heavy atom. The van der Waals surface area contributed by atoms with Crippen molar-refractivity contribution in [3.63, 3.8) is 0 Å². The van der Waals surface area contributed by atoms with Gasteiger partial charge < -0.3 is 19.7 Å². The molecule has 6 nitrogen and oxygen atoms in total. The van der Waals surface area contributed by atoms with Crippen LogP contribution in [-0.4, -0.2) is 31.1 Å². The van der Waals surface area contributed by atoms with Crippen LogP contribution in [0.15, 0.2) is 48.5 Å². The molecule has 0 aliphatic carbocycles. The van der Waals surface area contributed by atoms with E-state index in [0.717, 1.165) is 11.3 Å². The van der Waals surface area contributed by atoms with Crippen LogP contribution in [0.1, 0.15) is 24.9 Å². The van der Waals surface area contributed by atoms with Crippen LogP contribution < -0.4 is 19.7 Å². The van der Waals surface area contributed by atoms with Gasteiger partial charge in [0.25, 0.3) is 5.91 Å². The average Bonchev–Trinajstić information content (AvgIpc) is 2.67. The number of hydrogen-bond donors (Lipinski definition) is 1. The third kappa shape index (κ3) is 2.98. The maximum atomic E-state index is 12.8. The standard InChI is InChI=1S/C20H20N2O4/c1-13(23)22-12-19(26-18-9-5-3-7-16(18)22)20(24)21-15-10-11-25-17-8-4-2-6-14(15)17/h2-9,15,19H,10-12H2,1H3,(H,21,24)/t15-,19+/m0/s1. The first-order chi connectivity index (χ1) is 12.6. The lowest BCUT2D eigenvalue weighted by Crippen LogP contribution is -2.51. The Morgan fingerprint density at radius 3 is 2.62 bits per heavy atom. The van der Waals surface area contributed by atoms with Gasteiger partial charge in [0.2, 0.25) is 5.91 Å². The SMILES string of the molecule is CC(=O)N1C[C@H](C(=O)N[C@H]2CCOc3ccccc32)Oc2ccccc21. The molecule has 2 heterocycles. The first kappa shape index (κ1) is 16.4. The van der Waals surface area contributed by atoms with Gasteiger partial charge in [-0.05, 0) is 18.2 Å². The van der Waals surface area contributed by atoms with E-state index in [1.807, 2.05) is 42.5 Å². The molecule has 1 N–H and O–H groups in total. The summed E-state index contributed by atoms with van der Waals surface area (Å²) in [4.78, 5) is 26.4. The highest BCUT2D eigenvalue weighted by molar-refractivity contribution is 5.96. The molecule has 0 bridgehead atoms. The molecule has 0 aromatic heterocycles. The van der Waals surface area contributed by atoms with E-state index in [-0.39, 0.29) is 24.4 Å². The Hall–Kier alpha value is -3.02. The molecule has 2 atom stereocenters. The van der Waals surface area contributed by atoms with E-state index < -0.39 is 6.10 Å². The number of nitrogens with zero attached hydrogens (tertiary/aromatic N) is 1. The van der Waals surface area contributed by atoms with Crippen LogP contribution in [0.5, 0.6) is 11.5 Å². The van der Waals surface area contributed by atoms with Crippen molar-refractivity contribution in [1.29, 1.82) is 0 Å². The van der Waals surface area contributed by atoms with Crippen molar-refractivity contribution in [2.75, 3.05) is 18.1 Å². The fraction of sp³-hybridized carbons (Fsp3) is 0.300. The molecular formula is C20H20N2O4. The van der Waals surface area contributed by atoms with E-state index in [1.165, 1.54) is 6.92 Å². The van der Waals surface area contributed by atoms with Gasteiger partial charge >= 0.3 is 0 Å². The summed E-state index contributed by atoms with van der Waals surface area (Å²) in [5.41, 5.74) is 1.66. The maximum Gasteiger partial charge on any atom is 0.263 e. The molecule has 134 valence electrons. The summed E-state index contributed by atoms with van der Waals surface area (Å²) in [5.74, 6) is 0.994. The van der Waals surface area contributed by atoms with Crippen molar-refractivity contribution in [3.05, 3.63) is 54.1 Å². The highest BCUT2D eigenvalue weighted by Crippen LogP contribution is 2.34. The van der Waals surface area contributed by atoms with Crippen molar-refractivity contribution in [3.8, 4) is 11.5 Å². The molecular weight excluding hydrogens is 332 g/mol. The monoisotopic (exact) mass is 352 g/mol. The minimum Gasteiger partial charge on any atom is -0.493 e. The van der Waals surface area contributed by atoms with Crippen molar-refractivity contribution in [1.82, 2.24) is 5.32 Å². The lowest BCUT2D eigenvalue weighted by molar-refractivity contribution is -0.129. The molecule has 0 fully saturated rings. The maximum absolute atomic E-state index is 12.8. The number of fused-ring (bicyclic) bond motifs is 2. The Morgan fingerprint density at radius 1 is 1.08 bits per heavy atom. The summed E-state index contributed by atoms with van der Waals surface area (Å²) >= 11 is 0. The van der Waals surface area contributed by atoms with E-state index in [0.29, 0.717) is 24.5 Å². The van der Waals surface area contributed by atoms with Gasteiger partial charge in [0.15, 0.2) is 6.10 Å². The van der Waals surface area contributed by atoms with Crippen LogP contribution in [0, 0.1) is 0 Å². The minimum absolute atomic E-state index is 0.116. The quantitative estimate of drug-likeness (QED) is 0.901. The van der Waals surface area contributed by atoms with Crippen LogP contribution >= 0.6 is 0 Å². The minimum atomic E-state index is -0.746. The second-order valence-corrected chi connectivity index (χ2v) is 6.44. The predicted molar refractivity (Wildman–Crippen MR) is 96.3 cm³/mol. The van der Waals surface area contributed by atoms with Crippen LogP contribution in [0.25, 0.3) is 0 Å². The summed E-state index contributed by atoms with van der Waals surface area (Å²) in [7, 11) is 0. The van der Waals surface area contributed by atoms with Crippen LogP contribution in [0.3, 0.4) is 0 Å². The first-order valence-corrected chi connectivity index (χ1v) is 8.69. The molecule has 0 unspecified atom stereocenters. The van der Waals surface area contributed by atoms with Crippen LogP contribution in [-0.2, 0) is 9.59 Å². The number of rotatable bonds is 2. The molecule has 4 rings (SSSR count). The Kier molecular flexibility index (Phi) is 4.24. The molecule has 2 aromatic rings. The molecule has 6 heteroatoms. The summed E-state index contributed by atoms with van der Waals surface area (Å²) < 4.78 is 11.5. The van der Waals surface area contributed by atoms with Crippen molar-refractivity contribution >= 4 is 17.5 Å². The number of carbonyl (C=O) groups excluding carboxylic acids is 2. The summed E-state index contributed by atoms with van der Waals surface area (Å²) in [5, 5.41) is 3.05. The fourth-order valence-electron chi connectivity index (χ4n) is 3.43. The molecule has 0 saturated heterocycles. The molecule has 2 aromatic carbocycles. The second-order valence-electron chi connectivity index (χ2n) is 6.44. The lowest BCUT2D eigenvalue weighted by atomic mass is 10.00.